The molecule has 30 heavy (non-hydrogen) atoms. The van der Waals surface area contributed by atoms with Crippen LogP contribution in [0.4, 0.5) is 0 Å². The van der Waals surface area contributed by atoms with E-state index in [1.165, 1.54) is 5.56 Å². The van der Waals surface area contributed by atoms with Gasteiger partial charge in [-0.15, -0.1) is 0 Å². The van der Waals surface area contributed by atoms with Crippen LogP contribution in [0.3, 0.4) is 0 Å². The third-order valence-corrected chi connectivity index (χ3v) is 5.34. The number of nitrogens with zero attached hydrogens (tertiary/aromatic N) is 1. The van der Waals surface area contributed by atoms with Crippen molar-refractivity contribution in [3.05, 3.63) is 106 Å². The van der Waals surface area contributed by atoms with E-state index in [0.29, 0.717) is 17.7 Å². The van der Waals surface area contributed by atoms with Crippen molar-refractivity contribution in [3.63, 3.8) is 0 Å². The Morgan fingerprint density at radius 3 is 2.27 bits per heavy atom. The van der Waals surface area contributed by atoms with Crippen LogP contribution in [0.5, 0.6) is 11.5 Å². The SMILES string of the molecule is CCN(Cc1ccccc1)Cc1c(C)[nH]c2ccc(Oc3ccccc3)cc2c1=O. The topological polar surface area (TPSA) is 45.3 Å². The molecule has 0 fully saturated rings. The van der Waals surface area contributed by atoms with E-state index in [1.807, 2.05) is 73.7 Å². The molecule has 0 atom stereocenters. The number of fused-ring (bicyclic) bond motifs is 1. The second-order valence-electron chi connectivity index (χ2n) is 7.47. The van der Waals surface area contributed by atoms with E-state index < -0.39 is 0 Å². The standard InChI is InChI=1S/C26H26N2O2/c1-3-28(17-20-10-6-4-7-11-20)18-24-19(2)27-25-15-14-22(16-23(25)26(24)29)30-21-12-8-5-9-13-21/h4-16H,3,17-18H2,1-2H3,(H,27,29). The van der Waals surface area contributed by atoms with E-state index in [1.54, 1.807) is 0 Å². The zero-order valence-electron chi connectivity index (χ0n) is 17.4. The van der Waals surface area contributed by atoms with Gasteiger partial charge in [-0.25, -0.2) is 0 Å². The van der Waals surface area contributed by atoms with Crippen LogP contribution in [-0.4, -0.2) is 16.4 Å². The highest BCUT2D eigenvalue weighted by Gasteiger charge is 2.14. The fourth-order valence-electron chi connectivity index (χ4n) is 3.65. The van der Waals surface area contributed by atoms with Crippen molar-refractivity contribution in [2.24, 2.45) is 0 Å². The highest BCUT2D eigenvalue weighted by Crippen LogP contribution is 2.24. The maximum absolute atomic E-state index is 13.4. The summed E-state index contributed by atoms with van der Waals surface area (Å²) in [6.45, 7) is 6.38. The molecule has 0 aliphatic carbocycles. The van der Waals surface area contributed by atoms with Crippen molar-refractivity contribution in [1.29, 1.82) is 0 Å². The average molecular weight is 399 g/mol. The van der Waals surface area contributed by atoms with Gasteiger partial charge in [-0.05, 0) is 49.4 Å². The van der Waals surface area contributed by atoms with Gasteiger partial charge in [0.2, 0.25) is 0 Å². The first-order chi connectivity index (χ1) is 14.6. The molecule has 3 aromatic carbocycles. The molecule has 0 aliphatic rings. The summed E-state index contributed by atoms with van der Waals surface area (Å²) in [5.74, 6) is 1.41. The predicted octanol–water partition coefficient (Wildman–Crippen LogP) is 5.65. The number of H-pyrrole nitrogens is 1. The number of hydrogen-bond donors (Lipinski definition) is 1. The Hall–Kier alpha value is -3.37. The Labute approximate surface area is 176 Å². The molecule has 4 nitrogen and oxygen atoms in total. The minimum atomic E-state index is 0.0614. The maximum atomic E-state index is 13.4. The molecule has 0 spiro atoms. The summed E-state index contributed by atoms with van der Waals surface area (Å²) in [6, 6.07) is 25.6. The summed E-state index contributed by atoms with van der Waals surface area (Å²) in [7, 11) is 0. The molecule has 0 aliphatic heterocycles. The maximum Gasteiger partial charge on any atom is 0.194 e. The number of ether oxygens (including phenoxy) is 1. The molecule has 1 aromatic heterocycles. The summed E-state index contributed by atoms with van der Waals surface area (Å²) in [5, 5.41) is 0.653. The van der Waals surface area contributed by atoms with Crippen LogP contribution in [0.2, 0.25) is 0 Å². The Morgan fingerprint density at radius 2 is 1.57 bits per heavy atom. The molecule has 152 valence electrons. The average Bonchev–Trinajstić information content (AvgIpc) is 2.77. The van der Waals surface area contributed by atoms with Crippen LogP contribution in [0.25, 0.3) is 10.9 Å². The number of aryl methyl sites for hydroxylation is 1. The number of aromatic amines is 1. The molecule has 0 bridgehead atoms. The van der Waals surface area contributed by atoms with E-state index in [4.69, 9.17) is 4.74 Å². The number of aromatic nitrogens is 1. The van der Waals surface area contributed by atoms with Gasteiger partial charge in [0, 0.05) is 35.2 Å². The first kappa shape index (κ1) is 19.9. The Balaban J connectivity index is 1.64. The van der Waals surface area contributed by atoms with Crippen LogP contribution in [0.1, 0.15) is 23.7 Å². The van der Waals surface area contributed by atoms with Crippen molar-refractivity contribution in [3.8, 4) is 11.5 Å². The highest BCUT2D eigenvalue weighted by atomic mass is 16.5. The first-order valence-electron chi connectivity index (χ1n) is 10.3. The molecule has 0 amide bonds. The largest absolute Gasteiger partial charge is 0.457 e. The number of pyridine rings is 1. The predicted molar refractivity (Wildman–Crippen MR) is 122 cm³/mol. The summed E-state index contributed by atoms with van der Waals surface area (Å²) in [6.07, 6.45) is 0. The van der Waals surface area contributed by atoms with Crippen molar-refractivity contribution in [2.75, 3.05) is 6.54 Å². The van der Waals surface area contributed by atoms with E-state index in [0.717, 1.165) is 35.6 Å². The van der Waals surface area contributed by atoms with Gasteiger partial charge >= 0.3 is 0 Å². The van der Waals surface area contributed by atoms with E-state index in [2.05, 4.69) is 28.9 Å². The number of benzene rings is 3. The molecule has 4 aromatic rings. The summed E-state index contributed by atoms with van der Waals surface area (Å²) >= 11 is 0. The van der Waals surface area contributed by atoms with Gasteiger partial charge in [-0.2, -0.15) is 0 Å². The molecular weight excluding hydrogens is 372 g/mol. The minimum absolute atomic E-state index is 0.0614. The van der Waals surface area contributed by atoms with Crippen LogP contribution in [0, 0.1) is 6.92 Å². The lowest BCUT2D eigenvalue weighted by molar-refractivity contribution is 0.270. The number of hydrogen-bond acceptors (Lipinski definition) is 3. The van der Waals surface area contributed by atoms with Crippen LogP contribution < -0.4 is 10.2 Å². The second kappa shape index (κ2) is 8.97. The van der Waals surface area contributed by atoms with E-state index in [-0.39, 0.29) is 5.43 Å². The fraction of sp³-hybridized carbons (Fsp3) is 0.192. The third kappa shape index (κ3) is 4.44. The van der Waals surface area contributed by atoms with Gasteiger partial charge in [0.25, 0.3) is 0 Å². The lowest BCUT2D eigenvalue weighted by Crippen LogP contribution is -2.27. The lowest BCUT2D eigenvalue weighted by atomic mass is 10.1. The van der Waals surface area contributed by atoms with E-state index >= 15 is 0 Å². The van der Waals surface area contributed by atoms with Gasteiger partial charge < -0.3 is 9.72 Å². The Morgan fingerprint density at radius 1 is 0.867 bits per heavy atom. The third-order valence-electron chi connectivity index (χ3n) is 5.34. The Bertz CT molecular complexity index is 1180. The molecule has 4 rings (SSSR count). The zero-order chi connectivity index (χ0) is 20.9. The van der Waals surface area contributed by atoms with Gasteiger partial charge in [0.05, 0.1) is 0 Å². The quantitative estimate of drug-likeness (QED) is 0.437. The van der Waals surface area contributed by atoms with Crippen molar-refractivity contribution >= 4 is 10.9 Å². The second-order valence-corrected chi connectivity index (χ2v) is 7.47. The van der Waals surface area contributed by atoms with Crippen molar-refractivity contribution in [2.45, 2.75) is 26.9 Å². The van der Waals surface area contributed by atoms with E-state index in [9.17, 15) is 4.79 Å². The number of para-hydroxylation sites is 1. The van der Waals surface area contributed by atoms with Gasteiger partial charge in [-0.1, -0.05) is 55.5 Å². The molecule has 0 radical (unpaired) electrons. The highest BCUT2D eigenvalue weighted by molar-refractivity contribution is 5.81. The zero-order valence-corrected chi connectivity index (χ0v) is 17.4. The Kier molecular flexibility index (Phi) is 5.96. The number of nitrogens with one attached hydrogen (secondary N) is 1. The normalized spacial score (nSPS) is 11.2. The van der Waals surface area contributed by atoms with Crippen LogP contribution >= 0.6 is 0 Å². The molecule has 0 saturated carbocycles. The molecule has 1 N–H and O–H groups in total. The van der Waals surface area contributed by atoms with Gasteiger partial charge in [0.15, 0.2) is 5.43 Å². The number of rotatable bonds is 7. The fourth-order valence-corrected chi connectivity index (χ4v) is 3.65. The van der Waals surface area contributed by atoms with Crippen molar-refractivity contribution < 1.29 is 4.74 Å². The van der Waals surface area contributed by atoms with Crippen molar-refractivity contribution in [1.82, 2.24) is 9.88 Å². The first-order valence-corrected chi connectivity index (χ1v) is 10.3. The smallest absolute Gasteiger partial charge is 0.194 e. The molecule has 1 heterocycles. The minimum Gasteiger partial charge on any atom is -0.457 e. The molecule has 0 saturated heterocycles. The summed E-state index contributed by atoms with van der Waals surface area (Å²) in [5.41, 5.74) is 3.85. The van der Waals surface area contributed by atoms with Crippen LogP contribution in [0.15, 0.2) is 83.7 Å². The summed E-state index contributed by atoms with van der Waals surface area (Å²) in [4.78, 5) is 19.0. The molecule has 4 heteroatoms. The monoisotopic (exact) mass is 398 g/mol. The lowest BCUT2D eigenvalue weighted by Gasteiger charge is -2.21. The molecule has 0 unspecified atom stereocenters. The summed E-state index contributed by atoms with van der Waals surface area (Å²) < 4.78 is 5.93. The van der Waals surface area contributed by atoms with Gasteiger partial charge in [0.1, 0.15) is 11.5 Å². The van der Waals surface area contributed by atoms with Crippen LogP contribution in [-0.2, 0) is 13.1 Å². The van der Waals surface area contributed by atoms with Gasteiger partial charge in [-0.3, -0.25) is 9.69 Å². The molecular formula is C26H26N2O2.